The van der Waals surface area contributed by atoms with Gasteiger partial charge in [0, 0.05) is 31.3 Å². The van der Waals surface area contributed by atoms with Gasteiger partial charge in [0.05, 0.1) is 6.10 Å². The van der Waals surface area contributed by atoms with Gasteiger partial charge in [-0.3, -0.25) is 4.79 Å². The molecule has 4 rings (SSSR count). The molecule has 1 amide bonds. The molecule has 172 valence electrons. The highest BCUT2D eigenvalue weighted by Gasteiger charge is 2.24. The third-order valence-electron chi connectivity index (χ3n) is 6.10. The third-order valence-corrected chi connectivity index (χ3v) is 6.10. The van der Waals surface area contributed by atoms with Crippen molar-refractivity contribution in [1.82, 2.24) is 10.6 Å². The molecule has 2 atom stereocenters. The van der Waals surface area contributed by atoms with E-state index in [1.807, 2.05) is 24.3 Å². The topological polar surface area (TPSA) is 59.6 Å². The summed E-state index contributed by atoms with van der Waals surface area (Å²) in [6.45, 7) is 9.98. The van der Waals surface area contributed by atoms with Crippen molar-refractivity contribution in [2.45, 2.75) is 65.1 Å². The normalized spacial score (nSPS) is 20.2. The van der Waals surface area contributed by atoms with Crippen molar-refractivity contribution < 1.29 is 14.3 Å². The number of hydrogen-bond donors (Lipinski definition) is 2. The van der Waals surface area contributed by atoms with Crippen LogP contribution in [-0.2, 0) is 24.1 Å². The van der Waals surface area contributed by atoms with E-state index in [-0.39, 0.29) is 23.5 Å². The Hall–Kier alpha value is -2.37. The minimum atomic E-state index is -0.0273. The largest absolute Gasteiger partial charge is 0.491 e. The lowest BCUT2D eigenvalue weighted by Gasteiger charge is -2.19. The molecule has 1 saturated heterocycles. The van der Waals surface area contributed by atoms with Crippen molar-refractivity contribution in [2.75, 3.05) is 19.8 Å². The van der Waals surface area contributed by atoms with Crippen molar-refractivity contribution >= 4 is 5.91 Å². The molecule has 2 aliphatic rings. The standard InChI is InChI=1S/C27H36N2O3/c1-27(2,3)18-28-16-19-6-7-21-14-23(15-22(21)13-19)29-26(30)20-8-10-24(11-9-20)32-17-25-5-4-12-31-25/h6-11,13,23,25,28H,4-5,12,14-18H2,1-3H3,(H,29,30)/t23-,25+/m1/s1. The highest BCUT2D eigenvalue weighted by molar-refractivity contribution is 5.94. The van der Waals surface area contributed by atoms with E-state index >= 15 is 0 Å². The van der Waals surface area contributed by atoms with Crippen LogP contribution in [0.4, 0.5) is 0 Å². The Labute approximate surface area is 191 Å². The molecule has 1 fully saturated rings. The Balaban J connectivity index is 1.26. The minimum absolute atomic E-state index is 0.0273. The van der Waals surface area contributed by atoms with Crippen LogP contribution >= 0.6 is 0 Å². The van der Waals surface area contributed by atoms with Crippen molar-refractivity contribution in [3.63, 3.8) is 0 Å². The van der Waals surface area contributed by atoms with Gasteiger partial charge in [-0.05, 0) is 72.1 Å². The Morgan fingerprint density at radius 1 is 1.09 bits per heavy atom. The van der Waals surface area contributed by atoms with Crippen molar-refractivity contribution in [1.29, 1.82) is 0 Å². The van der Waals surface area contributed by atoms with Crippen LogP contribution in [-0.4, -0.2) is 37.8 Å². The lowest BCUT2D eigenvalue weighted by molar-refractivity contribution is 0.0679. The molecule has 1 aliphatic carbocycles. The summed E-state index contributed by atoms with van der Waals surface area (Å²) in [7, 11) is 0. The summed E-state index contributed by atoms with van der Waals surface area (Å²) in [6, 6.07) is 14.3. The number of nitrogens with one attached hydrogen (secondary N) is 2. The lowest BCUT2D eigenvalue weighted by atomic mass is 9.97. The number of benzene rings is 2. The summed E-state index contributed by atoms with van der Waals surface area (Å²) < 4.78 is 11.4. The summed E-state index contributed by atoms with van der Waals surface area (Å²) in [4.78, 5) is 12.8. The van der Waals surface area contributed by atoms with E-state index in [2.05, 4.69) is 49.6 Å². The molecule has 0 bridgehead atoms. The molecule has 5 heteroatoms. The second-order valence-electron chi connectivity index (χ2n) is 10.3. The summed E-state index contributed by atoms with van der Waals surface area (Å²) in [5.74, 6) is 0.749. The van der Waals surface area contributed by atoms with Crippen LogP contribution < -0.4 is 15.4 Å². The van der Waals surface area contributed by atoms with Gasteiger partial charge >= 0.3 is 0 Å². The van der Waals surface area contributed by atoms with Crippen LogP contribution in [0.5, 0.6) is 5.75 Å². The van der Waals surface area contributed by atoms with E-state index < -0.39 is 0 Å². The molecule has 0 saturated carbocycles. The van der Waals surface area contributed by atoms with Gasteiger partial charge in [0.15, 0.2) is 0 Å². The number of rotatable bonds is 8. The Kier molecular flexibility index (Phi) is 7.17. The molecule has 2 aromatic rings. The summed E-state index contributed by atoms with van der Waals surface area (Å²) in [5, 5.41) is 6.75. The van der Waals surface area contributed by atoms with Crippen LogP contribution in [0.15, 0.2) is 42.5 Å². The molecule has 2 N–H and O–H groups in total. The zero-order chi connectivity index (χ0) is 22.6. The molecule has 1 aliphatic heterocycles. The molecule has 0 spiro atoms. The number of amides is 1. The molecule has 5 nitrogen and oxygen atoms in total. The average Bonchev–Trinajstić information content (AvgIpc) is 3.40. The van der Waals surface area contributed by atoms with Crippen LogP contribution in [0.3, 0.4) is 0 Å². The molecule has 0 radical (unpaired) electrons. The smallest absolute Gasteiger partial charge is 0.251 e. The van der Waals surface area contributed by atoms with E-state index in [0.29, 0.717) is 12.2 Å². The SMILES string of the molecule is CC(C)(C)CNCc1ccc2c(c1)C[C@H](NC(=O)c1ccc(OC[C@@H]3CCCO3)cc1)C2. The fourth-order valence-corrected chi connectivity index (χ4v) is 4.40. The third kappa shape index (κ3) is 6.33. The molecular formula is C27H36N2O3. The second kappa shape index (κ2) is 10.1. The minimum Gasteiger partial charge on any atom is -0.491 e. The van der Waals surface area contributed by atoms with Gasteiger partial charge in [0.25, 0.3) is 5.91 Å². The van der Waals surface area contributed by atoms with Gasteiger partial charge in [-0.1, -0.05) is 39.0 Å². The predicted molar refractivity (Wildman–Crippen MR) is 127 cm³/mol. The van der Waals surface area contributed by atoms with Crippen LogP contribution in [0, 0.1) is 5.41 Å². The maximum absolute atomic E-state index is 12.8. The van der Waals surface area contributed by atoms with E-state index in [4.69, 9.17) is 9.47 Å². The quantitative estimate of drug-likeness (QED) is 0.649. The first kappa shape index (κ1) is 22.8. The van der Waals surface area contributed by atoms with Crippen molar-refractivity contribution in [3.05, 3.63) is 64.7 Å². The number of carbonyl (C=O) groups excluding carboxylic acids is 1. The van der Waals surface area contributed by atoms with Crippen molar-refractivity contribution in [2.24, 2.45) is 5.41 Å². The highest BCUT2D eigenvalue weighted by Crippen LogP contribution is 2.24. The van der Waals surface area contributed by atoms with Gasteiger partial charge in [-0.15, -0.1) is 0 Å². The molecule has 32 heavy (non-hydrogen) atoms. The Bertz CT molecular complexity index is 911. The van der Waals surface area contributed by atoms with Gasteiger partial charge in [-0.2, -0.15) is 0 Å². The Morgan fingerprint density at radius 3 is 2.59 bits per heavy atom. The molecule has 0 aromatic heterocycles. The number of fused-ring (bicyclic) bond motifs is 1. The predicted octanol–water partition coefficient (Wildman–Crippen LogP) is 4.28. The first-order valence-electron chi connectivity index (χ1n) is 11.8. The van der Waals surface area contributed by atoms with Gasteiger partial charge < -0.3 is 20.1 Å². The van der Waals surface area contributed by atoms with E-state index in [1.54, 1.807) is 0 Å². The zero-order valence-electron chi connectivity index (χ0n) is 19.6. The lowest BCUT2D eigenvalue weighted by Crippen LogP contribution is -2.35. The van der Waals surface area contributed by atoms with E-state index in [9.17, 15) is 4.79 Å². The fraction of sp³-hybridized carbons (Fsp3) is 0.519. The second-order valence-corrected chi connectivity index (χ2v) is 10.3. The number of carbonyl (C=O) groups is 1. The average molecular weight is 437 g/mol. The van der Waals surface area contributed by atoms with Gasteiger partial charge in [0.1, 0.15) is 12.4 Å². The first-order chi connectivity index (χ1) is 15.4. The molecule has 1 heterocycles. The van der Waals surface area contributed by atoms with E-state index in [0.717, 1.165) is 51.1 Å². The maximum Gasteiger partial charge on any atom is 0.251 e. The monoisotopic (exact) mass is 436 g/mol. The first-order valence-corrected chi connectivity index (χ1v) is 11.8. The highest BCUT2D eigenvalue weighted by atomic mass is 16.5. The van der Waals surface area contributed by atoms with Crippen LogP contribution in [0.25, 0.3) is 0 Å². The molecular weight excluding hydrogens is 400 g/mol. The summed E-state index contributed by atoms with van der Waals surface area (Å²) in [5.41, 5.74) is 4.94. The van der Waals surface area contributed by atoms with Gasteiger partial charge in [0.2, 0.25) is 0 Å². The van der Waals surface area contributed by atoms with Crippen molar-refractivity contribution in [3.8, 4) is 5.75 Å². The van der Waals surface area contributed by atoms with Gasteiger partial charge in [-0.25, -0.2) is 0 Å². The molecule has 2 aromatic carbocycles. The summed E-state index contributed by atoms with van der Waals surface area (Å²) >= 11 is 0. The maximum atomic E-state index is 12.8. The zero-order valence-corrected chi connectivity index (χ0v) is 19.6. The van der Waals surface area contributed by atoms with Crippen LogP contribution in [0.2, 0.25) is 0 Å². The summed E-state index contributed by atoms with van der Waals surface area (Å²) in [6.07, 6.45) is 4.12. The number of hydrogen-bond acceptors (Lipinski definition) is 4. The molecule has 0 unspecified atom stereocenters. The van der Waals surface area contributed by atoms with E-state index in [1.165, 1.54) is 16.7 Å². The fourth-order valence-electron chi connectivity index (χ4n) is 4.40. The Morgan fingerprint density at radius 2 is 1.88 bits per heavy atom. The number of ether oxygens (including phenoxy) is 2. The van der Waals surface area contributed by atoms with Crippen LogP contribution in [0.1, 0.15) is 60.7 Å².